The van der Waals surface area contributed by atoms with Gasteiger partial charge in [0.2, 0.25) is 5.91 Å². The number of aromatic nitrogens is 2. The van der Waals surface area contributed by atoms with E-state index in [2.05, 4.69) is 15.7 Å². The van der Waals surface area contributed by atoms with Crippen LogP contribution in [0.15, 0.2) is 41.2 Å². The third-order valence-corrected chi connectivity index (χ3v) is 5.80. The zero-order chi connectivity index (χ0) is 24.2. The molecule has 33 heavy (non-hydrogen) atoms. The van der Waals surface area contributed by atoms with Crippen LogP contribution in [0.4, 0.5) is 10.6 Å². The van der Waals surface area contributed by atoms with Crippen molar-refractivity contribution < 1.29 is 14.3 Å². The number of anilines is 1. The van der Waals surface area contributed by atoms with E-state index in [4.69, 9.17) is 16.3 Å². The molecule has 1 atom stereocenters. The van der Waals surface area contributed by atoms with Crippen molar-refractivity contribution in [3.8, 4) is 0 Å². The standard InChI is InChI=1S/C24H31ClN4O4/c1-15(30)26-20-12-13-21(31)29(28-20)19-10-8-16(9-11-19)22(17-6-5-7-18(25)14-17)27-23(32)33-24(2,3)4/h5-7,12-14,16,19,22H,8-11H2,1-4H3,(H,27,32)(H,26,28,30). The number of hydrogen-bond donors (Lipinski definition) is 2. The molecule has 2 N–H and O–H groups in total. The van der Waals surface area contributed by atoms with Crippen molar-refractivity contribution >= 4 is 29.4 Å². The van der Waals surface area contributed by atoms with Crippen LogP contribution in [-0.4, -0.2) is 27.4 Å². The lowest BCUT2D eigenvalue weighted by atomic mass is 9.79. The van der Waals surface area contributed by atoms with Crippen molar-refractivity contribution in [1.29, 1.82) is 0 Å². The van der Waals surface area contributed by atoms with Crippen LogP contribution in [0.25, 0.3) is 0 Å². The summed E-state index contributed by atoms with van der Waals surface area (Å²) in [5.41, 5.74) is 0.109. The third-order valence-electron chi connectivity index (χ3n) is 5.57. The molecule has 1 aliphatic rings. The van der Waals surface area contributed by atoms with Gasteiger partial charge in [-0.1, -0.05) is 23.7 Å². The lowest BCUT2D eigenvalue weighted by Gasteiger charge is -2.35. The molecule has 1 saturated carbocycles. The van der Waals surface area contributed by atoms with E-state index in [0.29, 0.717) is 23.7 Å². The highest BCUT2D eigenvalue weighted by atomic mass is 35.5. The van der Waals surface area contributed by atoms with Crippen LogP contribution in [0, 0.1) is 5.92 Å². The number of benzene rings is 1. The molecule has 1 fully saturated rings. The molecule has 2 aromatic rings. The Morgan fingerprint density at radius 2 is 1.85 bits per heavy atom. The van der Waals surface area contributed by atoms with Gasteiger partial charge in [0.05, 0.1) is 12.1 Å². The quantitative estimate of drug-likeness (QED) is 0.644. The minimum absolute atomic E-state index is 0.0796. The first-order valence-electron chi connectivity index (χ1n) is 11.1. The summed E-state index contributed by atoms with van der Waals surface area (Å²) in [5, 5.41) is 10.6. The van der Waals surface area contributed by atoms with E-state index in [9.17, 15) is 14.4 Å². The molecule has 1 heterocycles. The number of nitrogens with one attached hydrogen (secondary N) is 2. The van der Waals surface area contributed by atoms with Crippen LogP contribution in [-0.2, 0) is 9.53 Å². The number of amides is 2. The topological polar surface area (TPSA) is 102 Å². The number of carbonyl (C=O) groups excluding carboxylic acids is 2. The van der Waals surface area contributed by atoms with Gasteiger partial charge >= 0.3 is 6.09 Å². The van der Waals surface area contributed by atoms with Crippen LogP contribution in [0.5, 0.6) is 0 Å². The van der Waals surface area contributed by atoms with Crippen LogP contribution in [0.1, 0.15) is 71.0 Å². The summed E-state index contributed by atoms with van der Waals surface area (Å²) >= 11 is 6.22. The molecule has 3 rings (SSSR count). The molecule has 1 unspecified atom stereocenters. The van der Waals surface area contributed by atoms with Gasteiger partial charge in [0.1, 0.15) is 5.60 Å². The van der Waals surface area contributed by atoms with Gasteiger partial charge < -0.3 is 15.4 Å². The van der Waals surface area contributed by atoms with Crippen molar-refractivity contribution in [1.82, 2.24) is 15.1 Å². The maximum absolute atomic E-state index is 12.6. The van der Waals surface area contributed by atoms with E-state index in [1.807, 2.05) is 39.0 Å². The summed E-state index contributed by atoms with van der Waals surface area (Å²) in [5.74, 6) is 0.253. The monoisotopic (exact) mass is 474 g/mol. The van der Waals surface area contributed by atoms with Gasteiger partial charge in [-0.05, 0) is 76.1 Å². The molecule has 1 aromatic carbocycles. The maximum Gasteiger partial charge on any atom is 0.408 e. The summed E-state index contributed by atoms with van der Waals surface area (Å²) in [6, 6.07) is 10.0. The van der Waals surface area contributed by atoms with Gasteiger partial charge in [0, 0.05) is 18.0 Å². The summed E-state index contributed by atoms with van der Waals surface area (Å²) in [6.45, 7) is 6.87. The molecule has 0 radical (unpaired) electrons. The van der Waals surface area contributed by atoms with Crippen molar-refractivity contribution in [3.05, 3.63) is 57.3 Å². The molecule has 0 aliphatic heterocycles. The smallest absolute Gasteiger partial charge is 0.408 e. The zero-order valence-corrected chi connectivity index (χ0v) is 20.2. The van der Waals surface area contributed by atoms with E-state index >= 15 is 0 Å². The van der Waals surface area contributed by atoms with Gasteiger partial charge in [-0.2, -0.15) is 5.10 Å². The number of nitrogens with zero attached hydrogens (tertiary/aromatic N) is 2. The van der Waals surface area contributed by atoms with E-state index in [0.717, 1.165) is 18.4 Å². The number of ether oxygens (including phenoxy) is 1. The highest BCUT2D eigenvalue weighted by Crippen LogP contribution is 2.39. The molecule has 178 valence electrons. The van der Waals surface area contributed by atoms with E-state index in [1.54, 1.807) is 6.07 Å². The van der Waals surface area contributed by atoms with Crippen LogP contribution in [0.3, 0.4) is 0 Å². The Hall–Kier alpha value is -2.87. The highest BCUT2D eigenvalue weighted by molar-refractivity contribution is 6.30. The van der Waals surface area contributed by atoms with Crippen LogP contribution < -0.4 is 16.2 Å². The Morgan fingerprint density at radius 1 is 1.15 bits per heavy atom. The molecule has 1 aliphatic carbocycles. The van der Waals surface area contributed by atoms with Gasteiger partial charge in [-0.25, -0.2) is 9.48 Å². The molecule has 0 bridgehead atoms. The maximum atomic E-state index is 12.6. The average molecular weight is 475 g/mol. The summed E-state index contributed by atoms with van der Waals surface area (Å²) in [4.78, 5) is 36.3. The molecule has 1 aromatic heterocycles. The lowest BCUT2D eigenvalue weighted by molar-refractivity contribution is -0.114. The summed E-state index contributed by atoms with van der Waals surface area (Å²) in [6.07, 6.45) is 2.50. The van der Waals surface area contributed by atoms with Gasteiger partial charge in [0.15, 0.2) is 5.82 Å². The summed E-state index contributed by atoms with van der Waals surface area (Å²) in [7, 11) is 0. The SMILES string of the molecule is CC(=O)Nc1ccc(=O)n(C2CCC(C(NC(=O)OC(C)(C)C)c3cccc(Cl)c3)CC2)n1. The average Bonchev–Trinajstić information content (AvgIpc) is 2.72. The minimum atomic E-state index is -0.605. The minimum Gasteiger partial charge on any atom is -0.444 e. The predicted molar refractivity (Wildman–Crippen MR) is 127 cm³/mol. The van der Waals surface area contributed by atoms with E-state index < -0.39 is 11.7 Å². The first-order chi connectivity index (χ1) is 15.5. The molecule has 8 nitrogen and oxygen atoms in total. The molecule has 0 saturated heterocycles. The number of alkyl carbamates (subject to hydrolysis) is 1. The second-order valence-electron chi connectivity index (χ2n) is 9.43. The predicted octanol–water partition coefficient (Wildman–Crippen LogP) is 4.85. The fourth-order valence-corrected chi connectivity index (χ4v) is 4.42. The fraction of sp³-hybridized carbons (Fsp3) is 0.500. The Kier molecular flexibility index (Phi) is 7.79. The largest absolute Gasteiger partial charge is 0.444 e. The second-order valence-corrected chi connectivity index (χ2v) is 9.87. The summed E-state index contributed by atoms with van der Waals surface area (Å²) < 4.78 is 6.94. The van der Waals surface area contributed by atoms with Crippen molar-refractivity contribution in [2.45, 2.75) is 71.1 Å². The molecular weight excluding hydrogens is 444 g/mol. The zero-order valence-electron chi connectivity index (χ0n) is 19.4. The lowest BCUT2D eigenvalue weighted by Crippen LogP contribution is -2.39. The van der Waals surface area contributed by atoms with Crippen LogP contribution in [0.2, 0.25) is 5.02 Å². The van der Waals surface area contributed by atoms with Gasteiger partial charge in [-0.15, -0.1) is 0 Å². The van der Waals surface area contributed by atoms with Crippen molar-refractivity contribution in [2.24, 2.45) is 5.92 Å². The first kappa shape index (κ1) is 24.8. The highest BCUT2D eigenvalue weighted by Gasteiger charge is 2.32. The van der Waals surface area contributed by atoms with Crippen molar-refractivity contribution in [2.75, 3.05) is 5.32 Å². The van der Waals surface area contributed by atoms with E-state index in [-0.39, 0.29) is 29.5 Å². The Balaban J connectivity index is 1.76. The Bertz CT molecular complexity index is 1050. The van der Waals surface area contributed by atoms with Crippen LogP contribution >= 0.6 is 11.6 Å². The number of halogens is 1. The van der Waals surface area contributed by atoms with Crippen molar-refractivity contribution in [3.63, 3.8) is 0 Å². The second kappa shape index (κ2) is 10.4. The fourth-order valence-electron chi connectivity index (χ4n) is 4.22. The molecule has 2 amide bonds. The third kappa shape index (κ3) is 7.05. The first-order valence-corrected chi connectivity index (χ1v) is 11.5. The van der Waals surface area contributed by atoms with E-state index in [1.165, 1.54) is 23.7 Å². The molecule has 9 heteroatoms. The normalized spacial score (nSPS) is 19.4. The van der Waals surface area contributed by atoms with Gasteiger partial charge in [-0.3, -0.25) is 9.59 Å². The molecular formula is C24H31ClN4O4. The number of hydrogen-bond acceptors (Lipinski definition) is 5. The Morgan fingerprint density at radius 3 is 2.45 bits per heavy atom. The number of rotatable bonds is 5. The molecule has 0 spiro atoms. The number of carbonyl (C=O) groups is 2. The Labute approximate surface area is 198 Å². The van der Waals surface area contributed by atoms with Gasteiger partial charge in [0.25, 0.3) is 5.56 Å².